The average molecular weight is 346 g/mol. The number of hydrogen-bond donors (Lipinski definition) is 1. The molecule has 20 heavy (non-hydrogen) atoms. The van der Waals surface area contributed by atoms with E-state index in [1.807, 2.05) is 0 Å². The highest BCUT2D eigenvalue weighted by molar-refractivity contribution is 7.86. The Hall–Kier alpha value is -0.190. The molecule has 0 amide bonds. The number of halogens is 3. The van der Waals surface area contributed by atoms with Crippen LogP contribution in [-0.4, -0.2) is 37.8 Å². The fourth-order valence-electron chi connectivity index (χ4n) is 0.627. The third kappa shape index (κ3) is 10.6. The summed E-state index contributed by atoms with van der Waals surface area (Å²) >= 11 is 0. The Labute approximate surface area is 115 Å². The van der Waals surface area contributed by atoms with Crippen LogP contribution in [0.25, 0.3) is 0 Å². The highest BCUT2D eigenvalue weighted by atomic mass is 32.2. The summed E-state index contributed by atoms with van der Waals surface area (Å²) in [6, 6.07) is 0. The summed E-state index contributed by atoms with van der Waals surface area (Å²) in [5.74, 6) is 0. The molecule has 0 aromatic carbocycles. The lowest BCUT2D eigenvalue weighted by Gasteiger charge is -2.19. The first kappa shape index (κ1) is 22.1. The predicted octanol–water partition coefficient (Wildman–Crippen LogP) is 2.98. The lowest BCUT2D eigenvalue weighted by Crippen LogP contribution is -2.21. The van der Waals surface area contributed by atoms with Crippen LogP contribution < -0.4 is 0 Å². The Morgan fingerprint density at radius 2 is 1.30 bits per heavy atom. The van der Waals surface area contributed by atoms with Gasteiger partial charge in [0.15, 0.2) is 0 Å². The van der Waals surface area contributed by atoms with Gasteiger partial charge in [-0.15, -0.1) is 0 Å². The molecule has 0 aliphatic rings. The third-order valence-corrected chi connectivity index (χ3v) is 3.59. The fraction of sp³-hybridized carbons (Fsp3) is 1.00. The Morgan fingerprint density at radius 3 is 1.40 bits per heavy atom. The van der Waals surface area contributed by atoms with Gasteiger partial charge in [-0.3, -0.25) is 18.1 Å². The molecular weight excluding hydrogens is 328 g/mol. The van der Waals surface area contributed by atoms with Gasteiger partial charge in [0.2, 0.25) is 0 Å². The van der Waals surface area contributed by atoms with Gasteiger partial charge in [0.05, 0.1) is 12.2 Å². The van der Waals surface area contributed by atoms with Crippen molar-refractivity contribution < 1.29 is 44.3 Å². The van der Waals surface area contributed by atoms with Gasteiger partial charge in [-0.2, -0.15) is 21.6 Å². The molecule has 0 unspecified atom stereocenters. The van der Waals surface area contributed by atoms with E-state index in [-0.39, 0.29) is 12.2 Å². The second kappa shape index (κ2) is 8.30. The molecule has 0 fully saturated rings. The van der Waals surface area contributed by atoms with E-state index < -0.39 is 23.4 Å². The number of alkyl halides is 3. The van der Waals surface area contributed by atoms with Crippen molar-refractivity contribution in [3.63, 3.8) is 0 Å². The van der Waals surface area contributed by atoms with Crippen molar-refractivity contribution in [3.8, 4) is 0 Å². The first-order valence-electron chi connectivity index (χ1n) is 5.21. The molecule has 0 spiro atoms. The van der Waals surface area contributed by atoms with Crippen molar-refractivity contribution in [2.45, 2.75) is 45.4 Å². The summed E-state index contributed by atoms with van der Waals surface area (Å²) in [5, 5.41) is 0. The van der Waals surface area contributed by atoms with Crippen LogP contribution in [0, 0.1) is 0 Å². The van der Waals surface area contributed by atoms with Crippen molar-refractivity contribution in [1.29, 1.82) is 0 Å². The highest BCUT2D eigenvalue weighted by Crippen LogP contribution is 2.50. The van der Waals surface area contributed by atoms with Crippen LogP contribution in [0.15, 0.2) is 0 Å². The van der Waals surface area contributed by atoms with Gasteiger partial charge in [-0.1, -0.05) is 0 Å². The Balaban J connectivity index is 0. The Morgan fingerprint density at radius 1 is 1.05 bits per heavy atom. The lowest BCUT2D eigenvalue weighted by atomic mass is 10.5. The van der Waals surface area contributed by atoms with E-state index in [0.29, 0.717) is 0 Å². The number of rotatable bonds is 5. The number of phosphoric acid groups is 1. The molecule has 0 aromatic heterocycles. The monoisotopic (exact) mass is 346 g/mol. The lowest BCUT2D eigenvalue weighted by molar-refractivity contribution is -0.0510. The molecule has 0 heterocycles. The molecule has 0 aliphatic heterocycles. The van der Waals surface area contributed by atoms with E-state index in [0.717, 1.165) is 0 Å². The number of hydrogen-bond acceptors (Lipinski definition) is 6. The van der Waals surface area contributed by atoms with E-state index in [1.165, 1.54) is 7.11 Å². The largest absolute Gasteiger partial charge is 0.522 e. The van der Waals surface area contributed by atoms with Gasteiger partial charge in [0.1, 0.15) is 0 Å². The van der Waals surface area contributed by atoms with Gasteiger partial charge in [0, 0.05) is 7.11 Å². The first-order valence-corrected chi connectivity index (χ1v) is 8.11. The molecule has 0 saturated heterocycles. The zero-order valence-electron chi connectivity index (χ0n) is 11.5. The van der Waals surface area contributed by atoms with Gasteiger partial charge in [-0.05, 0) is 27.7 Å². The van der Waals surface area contributed by atoms with Crippen molar-refractivity contribution in [1.82, 2.24) is 0 Å². The maximum Gasteiger partial charge on any atom is 0.522 e. The summed E-state index contributed by atoms with van der Waals surface area (Å²) in [6.07, 6.45) is -0.343. The van der Waals surface area contributed by atoms with Gasteiger partial charge >= 0.3 is 23.4 Å². The van der Waals surface area contributed by atoms with Crippen molar-refractivity contribution in [2.24, 2.45) is 0 Å². The van der Waals surface area contributed by atoms with E-state index in [4.69, 9.17) is 22.0 Å². The van der Waals surface area contributed by atoms with Crippen LogP contribution >= 0.6 is 7.82 Å². The van der Waals surface area contributed by atoms with Crippen LogP contribution in [0.5, 0.6) is 0 Å². The third-order valence-electron chi connectivity index (χ3n) is 1.20. The van der Waals surface area contributed by atoms with Crippen LogP contribution in [0.4, 0.5) is 13.2 Å². The SMILES string of the molecule is COP(=O)(OC(C)C)OC(C)C.O=S(=O)(O)C(F)(F)F. The van der Waals surface area contributed by atoms with Gasteiger partial charge < -0.3 is 0 Å². The van der Waals surface area contributed by atoms with Crippen molar-refractivity contribution >= 4 is 17.9 Å². The summed E-state index contributed by atoms with van der Waals surface area (Å²) in [5.41, 5.74) is -5.53. The first-order chi connectivity index (χ1) is 8.64. The normalized spacial score (nSPS) is 13.3. The molecule has 124 valence electrons. The molecule has 0 aromatic rings. The highest BCUT2D eigenvalue weighted by Gasteiger charge is 2.44. The summed E-state index contributed by atoms with van der Waals surface area (Å²) in [7, 11) is -7.84. The molecule has 0 radical (unpaired) electrons. The molecule has 7 nitrogen and oxygen atoms in total. The van der Waals surface area contributed by atoms with E-state index in [9.17, 15) is 17.7 Å². The summed E-state index contributed by atoms with van der Waals surface area (Å²) in [4.78, 5) is 0. The smallest absolute Gasteiger partial charge is 0.290 e. The van der Waals surface area contributed by atoms with Gasteiger partial charge in [0.25, 0.3) is 0 Å². The molecule has 0 rings (SSSR count). The second-order valence-corrected chi connectivity index (χ2v) is 6.95. The molecule has 12 heteroatoms. The van der Waals surface area contributed by atoms with Crippen LogP contribution in [0.1, 0.15) is 27.7 Å². The maximum absolute atomic E-state index is 11.5. The Kier molecular flexibility index (Phi) is 9.17. The Bertz CT molecular complexity index is 404. The average Bonchev–Trinajstić information content (AvgIpc) is 2.12. The zero-order chi connectivity index (χ0) is 16.8. The van der Waals surface area contributed by atoms with E-state index in [1.54, 1.807) is 27.7 Å². The van der Waals surface area contributed by atoms with E-state index in [2.05, 4.69) is 4.52 Å². The molecule has 1 N–H and O–H groups in total. The minimum Gasteiger partial charge on any atom is -0.290 e. The second-order valence-electron chi connectivity index (χ2n) is 3.86. The summed E-state index contributed by atoms with van der Waals surface area (Å²) in [6.45, 7) is 7.09. The topological polar surface area (TPSA) is 99.1 Å². The fourth-order valence-corrected chi connectivity index (χ4v) is 1.88. The quantitative estimate of drug-likeness (QED) is 0.464. The van der Waals surface area contributed by atoms with Crippen LogP contribution in [0.3, 0.4) is 0 Å². The standard InChI is InChI=1S/C7H17O4P.CHF3O3S/c1-6(2)10-12(8,9-5)11-7(3)4;2-1(3,4)8(5,6)7/h6-7H,1-5H3;(H,5,6,7). The van der Waals surface area contributed by atoms with Crippen molar-refractivity contribution in [3.05, 3.63) is 0 Å². The molecular formula is C8H18F3O7PS. The minimum atomic E-state index is -5.84. The van der Waals surface area contributed by atoms with Gasteiger partial charge in [-0.25, -0.2) is 4.57 Å². The molecule has 0 aliphatic carbocycles. The summed E-state index contributed by atoms with van der Waals surface area (Å²) < 4.78 is 83.8. The maximum atomic E-state index is 11.5. The molecule has 0 saturated carbocycles. The van der Waals surface area contributed by atoms with Crippen LogP contribution in [-0.2, 0) is 28.3 Å². The zero-order valence-corrected chi connectivity index (χ0v) is 13.3. The minimum absolute atomic E-state index is 0.172. The molecule has 0 bridgehead atoms. The number of phosphoric ester groups is 1. The van der Waals surface area contributed by atoms with Crippen LogP contribution in [0.2, 0.25) is 0 Å². The van der Waals surface area contributed by atoms with E-state index >= 15 is 0 Å². The van der Waals surface area contributed by atoms with Crippen molar-refractivity contribution in [2.75, 3.05) is 7.11 Å². The predicted molar refractivity (Wildman–Crippen MR) is 64.7 cm³/mol. The molecule has 0 atom stereocenters.